The maximum Gasteiger partial charge on any atom is 0.259 e. The maximum atomic E-state index is 13.1. The molecule has 9 heteroatoms. The zero-order chi connectivity index (χ0) is 21.4. The molecule has 1 aromatic carbocycles. The zero-order valence-corrected chi connectivity index (χ0v) is 17.2. The van der Waals surface area contributed by atoms with E-state index in [1.54, 1.807) is 34.0 Å². The van der Waals surface area contributed by atoms with E-state index in [1.807, 2.05) is 36.1 Å². The second-order valence-electron chi connectivity index (χ2n) is 7.72. The number of ether oxygens (including phenoxy) is 2. The number of aromatic nitrogens is 3. The lowest BCUT2D eigenvalue weighted by Crippen LogP contribution is -2.41. The molecule has 160 valence electrons. The molecule has 0 radical (unpaired) electrons. The number of likely N-dealkylation sites (tertiary alicyclic amines) is 1. The molecular weight excluding hydrogens is 398 g/mol. The van der Waals surface area contributed by atoms with Crippen LogP contribution in [0.2, 0.25) is 0 Å². The fourth-order valence-electron chi connectivity index (χ4n) is 4.10. The lowest BCUT2D eigenvalue weighted by atomic mass is 9.95. The smallest absolute Gasteiger partial charge is 0.259 e. The van der Waals surface area contributed by atoms with Gasteiger partial charge in [0.2, 0.25) is 12.7 Å². The molecule has 0 atom stereocenters. The molecule has 0 bridgehead atoms. The van der Waals surface area contributed by atoms with Crippen molar-refractivity contribution in [3.63, 3.8) is 0 Å². The molecule has 1 fully saturated rings. The van der Waals surface area contributed by atoms with E-state index >= 15 is 0 Å². The minimum Gasteiger partial charge on any atom is -0.454 e. The molecule has 1 N–H and O–H groups in total. The van der Waals surface area contributed by atoms with Gasteiger partial charge in [0, 0.05) is 50.2 Å². The van der Waals surface area contributed by atoms with Gasteiger partial charge in [-0.1, -0.05) is 0 Å². The first-order valence-electron chi connectivity index (χ1n) is 10.3. The second-order valence-corrected chi connectivity index (χ2v) is 7.72. The first-order valence-corrected chi connectivity index (χ1v) is 10.3. The number of fused-ring (bicyclic) bond motifs is 1. The van der Waals surface area contributed by atoms with Gasteiger partial charge >= 0.3 is 0 Å². The number of carbonyl (C=O) groups excluding carboxylic acids is 2. The fourth-order valence-corrected chi connectivity index (χ4v) is 4.10. The quantitative estimate of drug-likeness (QED) is 0.699. The average molecular weight is 421 g/mol. The van der Waals surface area contributed by atoms with Crippen molar-refractivity contribution in [2.75, 3.05) is 25.2 Å². The van der Waals surface area contributed by atoms with E-state index in [4.69, 9.17) is 9.47 Å². The van der Waals surface area contributed by atoms with E-state index < -0.39 is 0 Å². The SMILES string of the molecule is Cn1ncc(C(=O)N2CCC(C(=O)Nc3ccc4c(c3)OCO4)CC2)c1-n1cccc1. The summed E-state index contributed by atoms with van der Waals surface area (Å²) in [5.74, 6) is 1.80. The summed E-state index contributed by atoms with van der Waals surface area (Å²) in [5.41, 5.74) is 1.24. The van der Waals surface area contributed by atoms with Crippen LogP contribution >= 0.6 is 0 Å². The van der Waals surface area contributed by atoms with Gasteiger partial charge in [-0.2, -0.15) is 5.10 Å². The van der Waals surface area contributed by atoms with Crippen LogP contribution in [0.1, 0.15) is 23.2 Å². The molecule has 0 aliphatic carbocycles. The highest BCUT2D eigenvalue weighted by Crippen LogP contribution is 2.34. The Morgan fingerprint density at radius 1 is 1.10 bits per heavy atom. The van der Waals surface area contributed by atoms with Gasteiger partial charge in [0.1, 0.15) is 11.4 Å². The van der Waals surface area contributed by atoms with Gasteiger partial charge in [-0.15, -0.1) is 0 Å². The summed E-state index contributed by atoms with van der Waals surface area (Å²) in [5, 5.41) is 7.22. The molecule has 0 spiro atoms. The molecule has 1 saturated heterocycles. The molecule has 31 heavy (non-hydrogen) atoms. The Morgan fingerprint density at radius 2 is 1.84 bits per heavy atom. The Labute approximate surface area is 179 Å². The van der Waals surface area contributed by atoms with Crippen molar-refractivity contribution in [1.29, 1.82) is 0 Å². The van der Waals surface area contributed by atoms with E-state index in [0.717, 1.165) is 5.82 Å². The number of anilines is 1. The van der Waals surface area contributed by atoms with E-state index in [9.17, 15) is 9.59 Å². The summed E-state index contributed by atoms with van der Waals surface area (Å²) in [4.78, 5) is 27.7. The Balaban J connectivity index is 1.22. The van der Waals surface area contributed by atoms with Crippen molar-refractivity contribution in [3.05, 3.63) is 54.5 Å². The number of hydrogen-bond acceptors (Lipinski definition) is 5. The number of piperidine rings is 1. The van der Waals surface area contributed by atoms with Gasteiger partial charge in [-0.3, -0.25) is 14.3 Å². The van der Waals surface area contributed by atoms with Crippen LogP contribution in [0.5, 0.6) is 11.5 Å². The minimum absolute atomic E-state index is 0.0413. The van der Waals surface area contributed by atoms with Crippen LogP contribution in [-0.2, 0) is 11.8 Å². The molecule has 2 aliphatic rings. The van der Waals surface area contributed by atoms with Crippen LogP contribution in [0.4, 0.5) is 5.69 Å². The molecular formula is C22H23N5O4. The summed E-state index contributed by atoms with van der Waals surface area (Å²) in [6.45, 7) is 1.25. The summed E-state index contributed by atoms with van der Waals surface area (Å²) >= 11 is 0. The lowest BCUT2D eigenvalue weighted by molar-refractivity contribution is -0.121. The number of benzene rings is 1. The van der Waals surface area contributed by atoms with Gasteiger partial charge in [0.25, 0.3) is 5.91 Å². The van der Waals surface area contributed by atoms with E-state index in [0.29, 0.717) is 48.7 Å². The Hall–Kier alpha value is -3.75. The molecule has 0 unspecified atom stereocenters. The molecule has 0 saturated carbocycles. The standard InChI is InChI=1S/C22H23N5O4/c1-25-21(26-8-2-3-9-26)17(13-23-25)22(29)27-10-6-15(7-11-27)20(28)24-16-4-5-18-19(12-16)31-14-30-18/h2-5,8-9,12-13,15H,6-7,10-11,14H2,1H3,(H,24,28). The minimum atomic E-state index is -0.146. The monoisotopic (exact) mass is 421 g/mol. The van der Waals surface area contributed by atoms with Gasteiger partial charge in [0.15, 0.2) is 11.5 Å². The van der Waals surface area contributed by atoms with Crippen LogP contribution in [0.15, 0.2) is 48.9 Å². The van der Waals surface area contributed by atoms with Crippen LogP contribution in [0, 0.1) is 5.92 Å². The van der Waals surface area contributed by atoms with Gasteiger partial charge in [-0.05, 0) is 37.1 Å². The molecule has 2 amide bonds. The third kappa shape index (κ3) is 3.63. The van der Waals surface area contributed by atoms with Crippen LogP contribution < -0.4 is 14.8 Å². The van der Waals surface area contributed by atoms with Gasteiger partial charge in [0.05, 0.1) is 6.20 Å². The van der Waals surface area contributed by atoms with Crippen molar-refractivity contribution >= 4 is 17.5 Å². The van der Waals surface area contributed by atoms with Crippen molar-refractivity contribution in [2.45, 2.75) is 12.8 Å². The molecule has 4 heterocycles. The van der Waals surface area contributed by atoms with Crippen LogP contribution in [0.25, 0.3) is 5.82 Å². The Kier molecular flexibility index (Phi) is 4.85. The van der Waals surface area contributed by atoms with Crippen LogP contribution in [-0.4, -0.2) is 50.9 Å². The van der Waals surface area contributed by atoms with Crippen molar-refractivity contribution in [1.82, 2.24) is 19.2 Å². The molecule has 9 nitrogen and oxygen atoms in total. The summed E-state index contributed by atoms with van der Waals surface area (Å²) < 4.78 is 14.2. The van der Waals surface area contributed by atoms with E-state index in [1.165, 1.54) is 0 Å². The lowest BCUT2D eigenvalue weighted by Gasteiger charge is -2.31. The Morgan fingerprint density at radius 3 is 2.61 bits per heavy atom. The third-order valence-electron chi connectivity index (χ3n) is 5.78. The highest BCUT2D eigenvalue weighted by molar-refractivity contribution is 5.97. The van der Waals surface area contributed by atoms with E-state index in [2.05, 4.69) is 10.4 Å². The number of hydrogen-bond donors (Lipinski definition) is 1. The van der Waals surface area contributed by atoms with Crippen molar-refractivity contribution in [2.24, 2.45) is 13.0 Å². The van der Waals surface area contributed by atoms with Crippen LogP contribution in [0.3, 0.4) is 0 Å². The summed E-state index contributed by atoms with van der Waals surface area (Å²) in [7, 11) is 1.82. The van der Waals surface area contributed by atoms with Gasteiger partial charge < -0.3 is 24.3 Å². The maximum absolute atomic E-state index is 13.1. The van der Waals surface area contributed by atoms with Crippen molar-refractivity contribution in [3.8, 4) is 17.3 Å². The molecule has 2 aromatic heterocycles. The second kappa shape index (κ2) is 7.82. The van der Waals surface area contributed by atoms with Gasteiger partial charge in [-0.25, -0.2) is 0 Å². The van der Waals surface area contributed by atoms with Crippen molar-refractivity contribution < 1.29 is 19.1 Å². The number of nitrogens with zero attached hydrogens (tertiary/aromatic N) is 4. The largest absolute Gasteiger partial charge is 0.454 e. The van der Waals surface area contributed by atoms with E-state index in [-0.39, 0.29) is 24.5 Å². The fraction of sp³-hybridized carbons (Fsp3) is 0.318. The zero-order valence-electron chi connectivity index (χ0n) is 17.2. The topological polar surface area (TPSA) is 90.6 Å². The normalized spacial score (nSPS) is 15.8. The third-order valence-corrected chi connectivity index (χ3v) is 5.78. The number of nitrogens with one attached hydrogen (secondary N) is 1. The first-order chi connectivity index (χ1) is 15.1. The average Bonchev–Trinajstić information content (AvgIpc) is 3.53. The summed E-state index contributed by atoms with van der Waals surface area (Å²) in [6, 6.07) is 9.17. The highest BCUT2D eigenvalue weighted by atomic mass is 16.7. The number of amides is 2. The predicted octanol–water partition coefficient (Wildman–Crippen LogP) is 2.43. The molecule has 2 aliphatic heterocycles. The first kappa shape index (κ1) is 19.2. The number of rotatable bonds is 4. The number of aryl methyl sites for hydroxylation is 1. The summed E-state index contributed by atoms with van der Waals surface area (Å²) in [6.07, 6.45) is 6.61. The predicted molar refractivity (Wildman–Crippen MR) is 112 cm³/mol. The number of carbonyl (C=O) groups is 2. The molecule has 3 aromatic rings. The Bertz CT molecular complexity index is 1110. The highest BCUT2D eigenvalue weighted by Gasteiger charge is 2.30. The molecule has 5 rings (SSSR count).